The normalized spacial score (nSPS) is 33.1. The third-order valence-corrected chi connectivity index (χ3v) is 5.75. The lowest BCUT2D eigenvalue weighted by Gasteiger charge is -2.24. The van der Waals surface area contributed by atoms with Gasteiger partial charge in [-0.2, -0.15) is 0 Å². The van der Waals surface area contributed by atoms with Crippen LogP contribution in [0.3, 0.4) is 0 Å². The van der Waals surface area contributed by atoms with Gasteiger partial charge in [-0.1, -0.05) is 23.3 Å². The van der Waals surface area contributed by atoms with E-state index >= 15 is 0 Å². The van der Waals surface area contributed by atoms with Crippen LogP contribution in [0.1, 0.15) is 52.9 Å². The van der Waals surface area contributed by atoms with E-state index in [1.165, 1.54) is 6.07 Å². The lowest BCUT2D eigenvalue weighted by molar-refractivity contribution is -0.0719. The molecule has 0 saturated carbocycles. The molecule has 0 aliphatic carbocycles. The standard InChI is InChI=1S/C23H30O5/c1-13(10-15(3)20-16(4)18(25-8)11-19(24)26-20)9-14(2)12-22(6)21-23(7,28-21)17(5)27-22/h9-12,17,21H,1-8H3/b13-9+,14-12+,15-10+/t17-,21+,22+,23+/m1/s1. The van der Waals surface area contributed by atoms with Crippen LogP contribution < -0.4 is 10.4 Å². The largest absolute Gasteiger partial charge is 0.496 e. The second-order valence-corrected chi connectivity index (χ2v) is 8.32. The number of hydrogen-bond acceptors (Lipinski definition) is 5. The summed E-state index contributed by atoms with van der Waals surface area (Å²) in [6.07, 6.45) is 6.41. The molecule has 0 amide bonds. The Morgan fingerprint density at radius 1 is 1.14 bits per heavy atom. The van der Waals surface area contributed by atoms with Crippen molar-refractivity contribution in [2.75, 3.05) is 7.11 Å². The van der Waals surface area contributed by atoms with E-state index in [1.54, 1.807) is 7.11 Å². The highest BCUT2D eigenvalue weighted by atomic mass is 16.7. The highest BCUT2D eigenvalue weighted by molar-refractivity contribution is 5.66. The summed E-state index contributed by atoms with van der Waals surface area (Å²) >= 11 is 0. The molecule has 2 aliphatic rings. The summed E-state index contributed by atoms with van der Waals surface area (Å²) in [4.78, 5) is 11.8. The summed E-state index contributed by atoms with van der Waals surface area (Å²) in [5.41, 5.74) is 2.82. The molecule has 0 spiro atoms. The molecule has 0 unspecified atom stereocenters. The zero-order chi connectivity index (χ0) is 20.9. The molecule has 2 saturated heterocycles. The molecule has 0 aromatic carbocycles. The van der Waals surface area contributed by atoms with Crippen LogP contribution in [0.15, 0.2) is 44.7 Å². The topological polar surface area (TPSA) is 61.2 Å². The summed E-state index contributed by atoms with van der Waals surface area (Å²) < 4.78 is 22.7. The van der Waals surface area contributed by atoms with Gasteiger partial charge in [-0.3, -0.25) is 0 Å². The van der Waals surface area contributed by atoms with Crippen LogP contribution in [0.25, 0.3) is 5.57 Å². The number of allylic oxidation sites excluding steroid dienone is 5. The summed E-state index contributed by atoms with van der Waals surface area (Å²) in [6, 6.07) is 1.36. The first-order valence-corrected chi connectivity index (χ1v) is 9.61. The van der Waals surface area contributed by atoms with Gasteiger partial charge in [0, 0.05) is 5.56 Å². The fraction of sp³-hybridized carbons (Fsp3) is 0.522. The van der Waals surface area contributed by atoms with Gasteiger partial charge < -0.3 is 18.6 Å². The van der Waals surface area contributed by atoms with Gasteiger partial charge in [0.15, 0.2) is 0 Å². The Bertz CT molecular complexity index is 935. The van der Waals surface area contributed by atoms with E-state index in [0.717, 1.165) is 22.3 Å². The van der Waals surface area contributed by atoms with Gasteiger partial charge in [0.25, 0.3) is 0 Å². The van der Waals surface area contributed by atoms with Gasteiger partial charge in [0.05, 0.1) is 19.3 Å². The second-order valence-electron chi connectivity index (χ2n) is 8.32. The predicted octanol–water partition coefficient (Wildman–Crippen LogP) is 4.59. The molecule has 1 aromatic heterocycles. The van der Waals surface area contributed by atoms with Crippen molar-refractivity contribution in [3.8, 4) is 5.75 Å². The lowest BCUT2D eigenvalue weighted by Crippen LogP contribution is -2.30. The van der Waals surface area contributed by atoms with Crippen LogP contribution in [0.4, 0.5) is 0 Å². The van der Waals surface area contributed by atoms with E-state index in [2.05, 4.69) is 39.8 Å². The van der Waals surface area contributed by atoms with Crippen LogP contribution in [-0.4, -0.2) is 30.5 Å². The molecular weight excluding hydrogens is 356 g/mol. The summed E-state index contributed by atoms with van der Waals surface area (Å²) in [6.45, 7) is 14.1. The average Bonchev–Trinajstić information content (AvgIpc) is 3.25. The van der Waals surface area contributed by atoms with Crippen molar-refractivity contribution in [3.63, 3.8) is 0 Å². The molecule has 5 nitrogen and oxygen atoms in total. The molecule has 28 heavy (non-hydrogen) atoms. The number of epoxide rings is 1. The predicted molar refractivity (Wildman–Crippen MR) is 110 cm³/mol. The Morgan fingerprint density at radius 2 is 1.82 bits per heavy atom. The van der Waals surface area contributed by atoms with Crippen molar-refractivity contribution in [2.24, 2.45) is 0 Å². The van der Waals surface area contributed by atoms with Crippen molar-refractivity contribution in [1.82, 2.24) is 0 Å². The van der Waals surface area contributed by atoms with E-state index < -0.39 is 11.2 Å². The maximum Gasteiger partial charge on any atom is 0.339 e. The second kappa shape index (κ2) is 7.05. The van der Waals surface area contributed by atoms with Crippen molar-refractivity contribution >= 4 is 5.57 Å². The fourth-order valence-corrected chi connectivity index (χ4v) is 4.31. The molecule has 0 N–H and O–H groups in total. The highest BCUT2D eigenvalue weighted by Gasteiger charge is 2.70. The van der Waals surface area contributed by atoms with Crippen molar-refractivity contribution in [1.29, 1.82) is 0 Å². The quantitative estimate of drug-likeness (QED) is 0.547. The van der Waals surface area contributed by atoms with Crippen LogP contribution in [0.5, 0.6) is 5.75 Å². The van der Waals surface area contributed by atoms with Gasteiger partial charge in [0.1, 0.15) is 28.8 Å². The zero-order valence-electron chi connectivity index (χ0n) is 18.0. The summed E-state index contributed by atoms with van der Waals surface area (Å²) in [7, 11) is 1.55. The van der Waals surface area contributed by atoms with Gasteiger partial charge >= 0.3 is 5.63 Å². The average molecular weight is 386 g/mol. The van der Waals surface area contributed by atoms with Crippen molar-refractivity contribution in [2.45, 2.75) is 71.9 Å². The van der Waals surface area contributed by atoms with E-state index in [1.807, 2.05) is 26.8 Å². The van der Waals surface area contributed by atoms with Crippen LogP contribution in [-0.2, 0) is 9.47 Å². The molecule has 0 radical (unpaired) electrons. The highest BCUT2D eigenvalue weighted by Crippen LogP contribution is 2.55. The molecule has 4 atom stereocenters. The number of hydrogen-bond donors (Lipinski definition) is 0. The Morgan fingerprint density at radius 3 is 2.36 bits per heavy atom. The van der Waals surface area contributed by atoms with Gasteiger partial charge in [-0.15, -0.1) is 0 Å². The van der Waals surface area contributed by atoms with Crippen LogP contribution in [0.2, 0.25) is 0 Å². The van der Waals surface area contributed by atoms with E-state index in [0.29, 0.717) is 11.5 Å². The maximum atomic E-state index is 11.8. The Hall–Kier alpha value is -2.11. The minimum atomic E-state index is -0.421. The minimum absolute atomic E-state index is 0.0812. The summed E-state index contributed by atoms with van der Waals surface area (Å²) in [5.74, 6) is 1.07. The first kappa shape index (κ1) is 20.6. The monoisotopic (exact) mass is 386 g/mol. The van der Waals surface area contributed by atoms with Gasteiger partial charge in [-0.25, -0.2) is 4.79 Å². The fourth-order valence-electron chi connectivity index (χ4n) is 4.31. The smallest absolute Gasteiger partial charge is 0.339 e. The third kappa shape index (κ3) is 3.61. The summed E-state index contributed by atoms with van der Waals surface area (Å²) in [5, 5.41) is 0. The molecule has 1 aromatic rings. The number of fused-ring (bicyclic) bond motifs is 1. The maximum absolute atomic E-state index is 11.8. The first-order valence-electron chi connectivity index (χ1n) is 9.61. The van der Waals surface area contributed by atoms with Gasteiger partial charge in [0.2, 0.25) is 0 Å². The van der Waals surface area contributed by atoms with Crippen LogP contribution >= 0.6 is 0 Å². The molecule has 3 rings (SSSR count). The third-order valence-electron chi connectivity index (χ3n) is 5.75. The molecular formula is C23H30O5. The number of methoxy groups -OCH3 is 1. The Balaban J connectivity index is 1.84. The Labute approximate surface area is 166 Å². The zero-order valence-corrected chi connectivity index (χ0v) is 18.0. The van der Waals surface area contributed by atoms with Crippen molar-refractivity contribution in [3.05, 3.63) is 57.2 Å². The molecule has 3 heterocycles. The molecule has 152 valence electrons. The molecule has 2 aliphatic heterocycles. The van der Waals surface area contributed by atoms with E-state index in [4.69, 9.17) is 18.6 Å². The SMILES string of the molecule is COc1cc(=O)oc(/C(C)=C/C(C)=C/C(C)=C/[C@]2(C)O[C@H](C)[C@]3(C)O[C@H]32)c1C. The number of ether oxygens (including phenoxy) is 3. The first-order chi connectivity index (χ1) is 13.0. The van der Waals surface area contributed by atoms with E-state index in [9.17, 15) is 4.79 Å². The Kier molecular flexibility index (Phi) is 5.19. The number of rotatable bonds is 5. The molecule has 5 heteroatoms. The van der Waals surface area contributed by atoms with Crippen LogP contribution in [0, 0.1) is 6.92 Å². The minimum Gasteiger partial charge on any atom is -0.496 e. The van der Waals surface area contributed by atoms with Crippen molar-refractivity contribution < 1.29 is 18.6 Å². The van der Waals surface area contributed by atoms with E-state index in [-0.39, 0.29) is 17.8 Å². The van der Waals surface area contributed by atoms with Gasteiger partial charge in [-0.05, 0) is 60.1 Å². The molecule has 0 bridgehead atoms. The lowest BCUT2D eigenvalue weighted by atomic mass is 9.93. The molecule has 2 fully saturated rings.